The van der Waals surface area contributed by atoms with Gasteiger partial charge >= 0.3 is 0 Å². The van der Waals surface area contributed by atoms with Crippen molar-refractivity contribution in [1.82, 2.24) is 0 Å². The van der Waals surface area contributed by atoms with E-state index in [1.54, 1.807) is 11.8 Å². The molecule has 0 N–H and O–H groups in total. The van der Waals surface area contributed by atoms with Gasteiger partial charge in [-0.3, -0.25) is 14.5 Å². The van der Waals surface area contributed by atoms with Crippen molar-refractivity contribution in [2.45, 2.75) is 57.3 Å². The van der Waals surface area contributed by atoms with Crippen LogP contribution in [-0.4, -0.2) is 17.9 Å². The highest BCUT2D eigenvalue weighted by Gasteiger charge is 2.44. The average molecular weight is 420 g/mol. The first-order valence-corrected chi connectivity index (χ1v) is 11.9. The Bertz CT molecular complexity index is 1000. The molecule has 1 amide bonds. The second-order valence-electron chi connectivity index (χ2n) is 9.08. The Hall–Kier alpha value is -2.33. The quantitative estimate of drug-likeness (QED) is 0.559. The number of amides is 1. The van der Waals surface area contributed by atoms with E-state index in [0.29, 0.717) is 12.8 Å². The first kappa shape index (κ1) is 20.9. The fourth-order valence-corrected chi connectivity index (χ4v) is 5.12. The van der Waals surface area contributed by atoms with Gasteiger partial charge in [-0.2, -0.15) is 0 Å². The first-order valence-electron chi connectivity index (χ1n) is 10.6. The predicted octanol–water partition coefficient (Wildman–Crippen LogP) is 6.13. The molecular weight excluding hydrogens is 390 g/mol. The lowest BCUT2D eigenvalue weighted by Gasteiger charge is -2.43. The molecule has 0 saturated carbocycles. The van der Waals surface area contributed by atoms with E-state index in [-0.39, 0.29) is 23.0 Å². The van der Waals surface area contributed by atoms with Crippen LogP contribution in [0.4, 0.5) is 5.69 Å². The summed E-state index contributed by atoms with van der Waals surface area (Å²) >= 11 is 1.69. The zero-order valence-corrected chi connectivity index (χ0v) is 19.0. The highest BCUT2D eigenvalue weighted by atomic mass is 32.2. The maximum atomic E-state index is 13.4. The normalized spacial score (nSPS) is 21.1. The van der Waals surface area contributed by atoms with Gasteiger partial charge in [-0.1, -0.05) is 45.0 Å². The number of thioether (sulfide) groups is 1. The lowest BCUT2D eigenvalue weighted by Crippen LogP contribution is -2.43. The molecule has 0 bridgehead atoms. The maximum Gasteiger partial charge on any atom is 0.232 e. The Morgan fingerprint density at radius 1 is 1.00 bits per heavy atom. The van der Waals surface area contributed by atoms with E-state index >= 15 is 0 Å². The van der Waals surface area contributed by atoms with E-state index in [1.807, 2.05) is 23.3 Å². The topological polar surface area (TPSA) is 37.4 Å². The smallest absolute Gasteiger partial charge is 0.232 e. The average Bonchev–Trinajstić information content (AvgIpc) is 2.72. The number of benzene rings is 2. The summed E-state index contributed by atoms with van der Waals surface area (Å²) in [7, 11) is 0. The van der Waals surface area contributed by atoms with E-state index in [9.17, 15) is 9.59 Å². The number of carbonyl (C=O) groups is 2. The Morgan fingerprint density at radius 3 is 2.27 bits per heavy atom. The van der Waals surface area contributed by atoms with Crippen molar-refractivity contribution in [2.75, 3.05) is 11.2 Å². The molecule has 2 aliphatic rings. The molecule has 0 saturated heterocycles. The van der Waals surface area contributed by atoms with Crippen LogP contribution < -0.4 is 4.90 Å². The van der Waals surface area contributed by atoms with Crippen LogP contribution in [0, 0.1) is 5.41 Å². The summed E-state index contributed by atoms with van der Waals surface area (Å²) < 4.78 is 0. The molecule has 0 spiro atoms. The van der Waals surface area contributed by atoms with Crippen LogP contribution in [0.25, 0.3) is 0 Å². The van der Waals surface area contributed by atoms with Gasteiger partial charge in [0.15, 0.2) is 5.78 Å². The summed E-state index contributed by atoms with van der Waals surface area (Å²) in [5.74, 6) is 0.100. The molecule has 30 heavy (non-hydrogen) atoms. The molecule has 0 aromatic heterocycles. The van der Waals surface area contributed by atoms with Crippen molar-refractivity contribution in [2.24, 2.45) is 5.41 Å². The zero-order valence-electron chi connectivity index (χ0n) is 18.2. The minimum Gasteiger partial charge on any atom is -0.294 e. The van der Waals surface area contributed by atoms with Crippen LogP contribution in [0.1, 0.15) is 57.1 Å². The molecule has 4 heteroatoms. The Labute approximate surface area is 183 Å². The number of hydrogen-bond donors (Lipinski definition) is 0. The molecule has 2 aromatic carbocycles. The second-order valence-corrected chi connectivity index (χ2v) is 9.96. The number of ketones is 1. The van der Waals surface area contributed by atoms with Crippen molar-refractivity contribution in [3.05, 3.63) is 70.9 Å². The lowest BCUT2D eigenvalue weighted by atomic mass is 9.69. The molecular formula is C26H29NO2S. The van der Waals surface area contributed by atoms with Crippen LogP contribution in [0.15, 0.2) is 64.7 Å². The fourth-order valence-electron chi connectivity index (χ4n) is 4.72. The summed E-state index contributed by atoms with van der Waals surface area (Å²) in [6.45, 7) is 6.36. The van der Waals surface area contributed by atoms with Crippen molar-refractivity contribution in [3.63, 3.8) is 0 Å². The molecule has 2 aromatic rings. The number of anilines is 1. The van der Waals surface area contributed by atoms with Gasteiger partial charge in [-0.25, -0.2) is 0 Å². The van der Waals surface area contributed by atoms with Crippen molar-refractivity contribution in [3.8, 4) is 0 Å². The minimum atomic E-state index is -0.154. The third-order valence-corrected chi connectivity index (χ3v) is 7.01. The molecule has 1 atom stereocenters. The van der Waals surface area contributed by atoms with E-state index < -0.39 is 0 Å². The number of aryl methyl sites for hydroxylation is 1. The number of nitrogens with zero attached hydrogens (tertiary/aromatic N) is 1. The summed E-state index contributed by atoms with van der Waals surface area (Å²) in [6.07, 6.45) is 4.60. The van der Waals surface area contributed by atoms with Gasteiger partial charge in [0.1, 0.15) is 0 Å². The molecule has 1 aliphatic heterocycles. The Kier molecular flexibility index (Phi) is 5.63. The number of rotatable bonds is 4. The Balaban J connectivity index is 1.84. The predicted molar refractivity (Wildman–Crippen MR) is 124 cm³/mol. The van der Waals surface area contributed by atoms with Gasteiger partial charge in [-0.15, -0.1) is 11.8 Å². The molecule has 1 aliphatic carbocycles. The van der Waals surface area contributed by atoms with Gasteiger partial charge in [-0.05, 0) is 59.9 Å². The highest BCUT2D eigenvalue weighted by molar-refractivity contribution is 7.98. The van der Waals surface area contributed by atoms with Crippen LogP contribution in [0.3, 0.4) is 0 Å². The van der Waals surface area contributed by atoms with Crippen molar-refractivity contribution in [1.29, 1.82) is 0 Å². The zero-order chi connectivity index (χ0) is 21.5. The number of allylic oxidation sites excluding steroid dienone is 2. The molecule has 4 rings (SSSR count). The minimum absolute atomic E-state index is 0.0717. The SMILES string of the molecule is CCc1ccc(N2C(=O)CC(c3ccc(SC)cc3)C3=C2CC(C)(C)CC3=O)cc1. The third-order valence-electron chi connectivity index (χ3n) is 6.26. The Morgan fingerprint density at radius 2 is 1.67 bits per heavy atom. The summed E-state index contributed by atoms with van der Waals surface area (Å²) in [4.78, 5) is 29.7. The number of Topliss-reactive ketones (excluding diaryl/α,β-unsaturated/α-hetero) is 1. The largest absolute Gasteiger partial charge is 0.294 e. The van der Waals surface area contributed by atoms with Gasteiger partial charge in [0.2, 0.25) is 5.91 Å². The van der Waals surface area contributed by atoms with Crippen LogP contribution in [0.5, 0.6) is 0 Å². The van der Waals surface area contributed by atoms with E-state index in [0.717, 1.165) is 35.4 Å². The second kappa shape index (κ2) is 8.07. The van der Waals surface area contributed by atoms with E-state index in [2.05, 4.69) is 57.2 Å². The fraction of sp³-hybridized carbons (Fsp3) is 0.385. The highest BCUT2D eigenvalue weighted by Crippen LogP contribution is 2.48. The van der Waals surface area contributed by atoms with Gasteiger partial charge < -0.3 is 0 Å². The summed E-state index contributed by atoms with van der Waals surface area (Å²) in [5.41, 5.74) is 4.75. The van der Waals surface area contributed by atoms with Gasteiger partial charge in [0, 0.05) is 40.6 Å². The van der Waals surface area contributed by atoms with Gasteiger partial charge in [0.05, 0.1) is 0 Å². The van der Waals surface area contributed by atoms with E-state index in [4.69, 9.17) is 0 Å². The van der Waals surface area contributed by atoms with Crippen LogP contribution >= 0.6 is 11.8 Å². The molecule has 1 heterocycles. The first-order chi connectivity index (χ1) is 14.3. The van der Waals surface area contributed by atoms with Crippen LogP contribution in [-0.2, 0) is 16.0 Å². The number of carbonyl (C=O) groups excluding carboxylic acids is 2. The standard InChI is InChI=1S/C26H29NO2S/c1-5-17-6-10-19(11-7-17)27-22-15-26(2,3)16-23(28)25(22)21(14-24(27)29)18-8-12-20(30-4)13-9-18/h6-13,21H,5,14-16H2,1-4H3. The maximum absolute atomic E-state index is 13.4. The molecule has 3 nitrogen and oxygen atoms in total. The monoisotopic (exact) mass is 419 g/mol. The summed E-state index contributed by atoms with van der Waals surface area (Å²) in [5, 5.41) is 0. The van der Waals surface area contributed by atoms with Crippen molar-refractivity contribution >= 4 is 29.1 Å². The summed E-state index contributed by atoms with van der Waals surface area (Å²) in [6, 6.07) is 16.5. The third kappa shape index (κ3) is 3.85. The molecule has 156 valence electrons. The lowest BCUT2D eigenvalue weighted by molar-refractivity contribution is -0.121. The van der Waals surface area contributed by atoms with E-state index in [1.165, 1.54) is 10.5 Å². The van der Waals surface area contributed by atoms with Crippen molar-refractivity contribution < 1.29 is 9.59 Å². The molecule has 0 radical (unpaired) electrons. The molecule has 0 fully saturated rings. The van der Waals surface area contributed by atoms with Crippen LogP contribution in [0.2, 0.25) is 0 Å². The molecule has 1 unspecified atom stereocenters. The van der Waals surface area contributed by atoms with Gasteiger partial charge in [0.25, 0.3) is 0 Å². The number of hydrogen-bond acceptors (Lipinski definition) is 3.